The van der Waals surface area contributed by atoms with Crippen LogP contribution in [0.15, 0.2) is 30.3 Å². The molecule has 0 aliphatic carbocycles. The molecule has 0 aromatic heterocycles. The number of rotatable bonds is 5. The van der Waals surface area contributed by atoms with Gasteiger partial charge in [-0.1, -0.05) is 30.3 Å². The number of carbonyl (C=O) groups excluding carboxylic acids is 3. The zero-order valence-electron chi connectivity index (χ0n) is 20.6. The molecule has 206 valence electrons. The molecule has 1 aromatic rings. The van der Waals surface area contributed by atoms with Crippen molar-refractivity contribution in [2.45, 2.75) is 67.4 Å². The monoisotopic (exact) mass is 597 g/mol. The lowest BCUT2D eigenvalue weighted by Crippen LogP contribution is -2.60. The van der Waals surface area contributed by atoms with Gasteiger partial charge in [0.25, 0.3) is 0 Å². The number of likely N-dealkylation sites (tertiary alicyclic amines) is 1. The molecular formula is C23H30Cl3N3O7S. The van der Waals surface area contributed by atoms with Crippen molar-refractivity contribution in [1.82, 2.24) is 14.9 Å². The van der Waals surface area contributed by atoms with E-state index in [4.69, 9.17) is 53.9 Å². The summed E-state index contributed by atoms with van der Waals surface area (Å²) in [6.07, 6.45) is -1.29. The molecule has 2 heterocycles. The first kappa shape index (κ1) is 29.9. The Morgan fingerprint density at radius 2 is 1.76 bits per heavy atom. The van der Waals surface area contributed by atoms with E-state index in [1.807, 2.05) is 30.3 Å². The molecule has 1 aromatic carbocycles. The number of nitrogens with zero attached hydrogens (tertiary/aromatic N) is 3. The third kappa shape index (κ3) is 8.69. The van der Waals surface area contributed by atoms with Crippen molar-refractivity contribution in [1.29, 1.82) is 0 Å². The van der Waals surface area contributed by atoms with Gasteiger partial charge in [-0.05, 0) is 74.0 Å². The zero-order chi connectivity index (χ0) is 27.4. The molecule has 0 spiro atoms. The molecule has 3 atom stereocenters. The number of carbonyl (C=O) groups is 3. The standard InChI is InChI=1S/C23H30Cl3N3O7S/c1-22(2,3)35-19(31)28-13-16(9-10-17(28)18(30)27-11-12-33-21(27)37)29(20(32)36-23(24,25)26)34-14-15-7-5-4-6-8-15/h4-8,16-17,21,37H,9-14H2,1-3H3/t16-,17+,21?/m1/s1. The molecule has 3 amide bonds. The Hall–Kier alpha value is -1.63. The molecule has 14 heteroatoms. The van der Waals surface area contributed by atoms with Gasteiger partial charge in [-0.25, -0.2) is 9.59 Å². The number of hydroxylamine groups is 2. The van der Waals surface area contributed by atoms with Crippen LogP contribution < -0.4 is 0 Å². The highest BCUT2D eigenvalue weighted by atomic mass is 35.6. The maximum absolute atomic E-state index is 13.4. The van der Waals surface area contributed by atoms with E-state index in [9.17, 15) is 14.4 Å². The number of amides is 3. The number of ether oxygens (including phenoxy) is 3. The number of thiol groups is 1. The fourth-order valence-corrected chi connectivity index (χ4v) is 4.49. The van der Waals surface area contributed by atoms with E-state index in [0.717, 1.165) is 10.6 Å². The third-order valence-electron chi connectivity index (χ3n) is 5.55. The highest BCUT2D eigenvalue weighted by Gasteiger charge is 2.45. The van der Waals surface area contributed by atoms with Crippen LogP contribution in [-0.2, 0) is 30.4 Å². The van der Waals surface area contributed by atoms with Gasteiger partial charge in [0.05, 0.1) is 12.6 Å². The summed E-state index contributed by atoms with van der Waals surface area (Å²) in [5, 5.41) is 0.938. The largest absolute Gasteiger partial charge is 0.444 e. The van der Waals surface area contributed by atoms with Crippen LogP contribution in [0.2, 0.25) is 0 Å². The first-order valence-corrected chi connectivity index (χ1v) is 13.3. The van der Waals surface area contributed by atoms with Crippen molar-refractivity contribution in [2.75, 3.05) is 19.7 Å². The maximum atomic E-state index is 13.4. The molecule has 10 nitrogen and oxygen atoms in total. The summed E-state index contributed by atoms with van der Waals surface area (Å²) >= 11 is 21.3. The molecule has 0 saturated carbocycles. The Kier molecular flexibility index (Phi) is 10.1. The Balaban J connectivity index is 1.85. The minimum absolute atomic E-state index is 0.00748. The van der Waals surface area contributed by atoms with Crippen LogP contribution in [0, 0.1) is 0 Å². The van der Waals surface area contributed by atoms with Gasteiger partial charge >= 0.3 is 16.2 Å². The van der Waals surface area contributed by atoms with Crippen LogP contribution in [-0.4, -0.2) is 79.9 Å². The Morgan fingerprint density at radius 3 is 2.32 bits per heavy atom. The van der Waals surface area contributed by atoms with Gasteiger partial charge in [-0.2, -0.15) is 5.06 Å². The number of benzene rings is 1. The number of hydrogen-bond donors (Lipinski definition) is 1. The highest BCUT2D eigenvalue weighted by Crippen LogP contribution is 2.31. The van der Waals surface area contributed by atoms with Gasteiger partial charge in [0, 0.05) is 13.1 Å². The second kappa shape index (κ2) is 12.5. The molecular weight excluding hydrogens is 569 g/mol. The van der Waals surface area contributed by atoms with Crippen LogP contribution in [0.25, 0.3) is 0 Å². The quantitative estimate of drug-likeness (QED) is 0.297. The normalized spacial score (nSPS) is 22.5. The van der Waals surface area contributed by atoms with Crippen molar-refractivity contribution in [3.05, 3.63) is 35.9 Å². The first-order valence-electron chi connectivity index (χ1n) is 11.6. The van der Waals surface area contributed by atoms with E-state index < -0.39 is 39.4 Å². The maximum Gasteiger partial charge on any atom is 0.437 e. The van der Waals surface area contributed by atoms with Crippen LogP contribution in [0.4, 0.5) is 9.59 Å². The average molecular weight is 599 g/mol. The number of piperidine rings is 1. The van der Waals surface area contributed by atoms with E-state index in [1.54, 1.807) is 20.8 Å². The van der Waals surface area contributed by atoms with E-state index in [2.05, 4.69) is 12.6 Å². The summed E-state index contributed by atoms with van der Waals surface area (Å²) in [7, 11) is 0. The minimum atomic E-state index is -2.33. The first-order chi connectivity index (χ1) is 17.2. The molecule has 0 bridgehead atoms. The molecule has 2 aliphatic heterocycles. The van der Waals surface area contributed by atoms with Gasteiger partial charge in [0.15, 0.2) is 5.56 Å². The third-order valence-corrected chi connectivity index (χ3v) is 6.21. The van der Waals surface area contributed by atoms with Crippen molar-refractivity contribution in [2.24, 2.45) is 0 Å². The summed E-state index contributed by atoms with van der Waals surface area (Å²) in [5.41, 5.74) is -0.759. The fourth-order valence-electron chi connectivity index (χ4n) is 3.96. The van der Waals surface area contributed by atoms with E-state index in [1.165, 1.54) is 9.80 Å². The van der Waals surface area contributed by atoms with Crippen molar-refractivity contribution >= 4 is 65.5 Å². The van der Waals surface area contributed by atoms with E-state index in [0.29, 0.717) is 13.2 Å². The summed E-state index contributed by atoms with van der Waals surface area (Å²) < 4.78 is 13.5. The average Bonchev–Trinajstić information content (AvgIpc) is 3.23. The molecule has 1 unspecified atom stereocenters. The Bertz CT molecular complexity index is 961. The molecule has 2 saturated heterocycles. The molecule has 37 heavy (non-hydrogen) atoms. The van der Waals surface area contributed by atoms with Crippen LogP contribution in [0.3, 0.4) is 0 Å². The zero-order valence-corrected chi connectivity index (χ0v) is 23.8. The van der Waals surface area contributed by atoms with Crippen LogP contribution in [0.1, 0.15) is 39.2 Å². The van der Waals surface area contributed by atoms with Gasteiger partial charge in [-0.15, -0.1) is 12.6 Å². The van der Waals surface area contributed by atoms with Crippen LogP contribution in [0.5, 0.6) is 0 Å². The van der Waals surface area contributed by atoms with E-state index in [-0.39, 0.29) is 31.9 Å². The summed E-state index contributed by atoms with van der Waals surface area (Å²) in [5.74, 6) is -0.331. The summed E-state index contributed by atoms with van der Waals surface area (Å²) in [6, 6.07) is 7.52. The van der Waals surface area contributed by atoms with Crippen LogP contribution >= 0.6 is 47.4 Å². The topological polar surface area (TPSA) is 97.8 Å². The van der Waals surface area contributed by atoms with Gasteiger partial charge in [0.1, 0.15) is 18.2 Å². The molecule has 2 fully saturated rings. The van der Waals surface area contributed by atoms with Gasteiger partial charge < -0.3 is 19.1 Å². The van der Waals surface area contributed by atoms with Crippen molar-refractivity contribution in [3.8, 4) is 0 Å². The SMILES string of the molecule is CC(C)(C)OC(=O)N1C[C@H](N(OCc2ccccc2)C(=O)OC(Cl)(Cl)Cl)CC[C@H]1C(=O)N1CCOC1S. The Morgan fingerprint density at radius 1 is 1.08 bits per heavy atom. The van der Waals surface area contributed by atoms with Gasteiger partial charge in [0.2, 0.25) is 5.91 Å². The molecule has 2 aliphatic rings. The minimum Gasteiger partial charge on any atom is -0.444 e. The second-order valence-corrected chi connectivity index (χ2v) is 12.1. The lowest BCUT2D eigenvalue weighted by molar-refractivity contribution is -0.183. The summed E-state index contributed by atoms with van der Waals surface area (Å²) in [4.78, 5) is 48.0. The number of hydrogen-bond acceptors (Lipinski definition) is 8. The second-order valence-electron chi connectivity index (χ2n) is 9.51. The molecule has 3 rings (SSSR count). The number of halogens is 3. The predicted octanol–water partition coefficient (Wildman–Crippen LogP) is 4.72. The smallest absolute Gasteiger partial charge is 0.437 e. The van der Waals surface area contributed by atoms with Gasteiger partial charge in [-0.3, -0.25) is 14.5 Å². The summed E-state index contributed by atoms with van der Waals surface area (Å²) in [6.45, 7) is 5.75. The van der Waals surface area contributed by atoms with Crippen molar-refractivity contribution in [3.63, 3.8) is 0 Å². The Labute approximate surface area is 236 Å². The fraction of sp³-hybridized carbons (Fsp3) is 0.609. The van der Waals surface area contributed by atoms with Crippen molar-refractivity contribution < 1.29 is 33.4 Å². The lowest BCUT2D eigenvalue weighted by Gasteiger charge is -2.43. The van der Waals surface area contributed by atoms with E-state index >= 15 is 0 Å². The number of alkyl halides is 3. The predicted molar refractivity (Wildman–Crippen MR) is 140 cm³/mol. The highest BCUT2D eigenvalue weighted by molar-refractivity contribution is 7.80. The molecule has 0 radical (unpaired) electrons. The molecule has 0 N–H and O–H groups in total. The lowest BCUT2D eigenvalue weighted by atomic mass is 9.97.